The Morgan fingerprint density at radius 3 is 3.10 bits per heavy atom. The fourth-order valence-corrected chi connectivity index (χ4v) is 3.06. The maximum Gasteiger partial charge on any atom is 0.157 e. The van der Waals surface area contributed by atoms with E-state index in [4.69, 9.17) is 0 Å². The number of fused-ring (bicyclic) bond motifs is 2. The van der Waals surface area contributed by atoms with Crippen molar-refractivity contribution in [2.75, 3.05) is 17.0 Å². The largest absolute Gasteiger partial charge is 0.286 e. The normalized spacial score (nSPS) is 13.5. The van der Waals surface area contributed by atoms with Gasteiger partial charge in [0.1, 0.15) is 6.33 Å². The number of nitrogens with one attached hydrogen (secondary N) is 1. The molecule has 5 nitrogen and oxygen atoms in total. The van der Waals surface area contributed by atoms with Gasteiger partial charge in [-0.1, -0.05) is 6.07 Å². The minimum Gasteiger partial charge on any atom is -0.286 e. The summed E-state index contributed by atoms with van der Waals surface area (Å²) in [5.41, 5.74) is 6.88. The predicted molar refractivity (Wildman–Crippen MR) is 91.2 cm³/mol. The highest BCUT2D eigenvalue weighted by Gasteiger charge is 2.20. The molecule has 1 aliphatic heterocycles. The van der Waals surface area contributed by atoms with Crippen LogP contribution in [-0.4, -0.2) is 21.5 Å². The highest BCUT2D eigenvalue weighted by molar-refractivity contribution is 14.1. The van der Waals surface area contributed by atoms with Crippen molar-refractivity contribution < 1.29 is 0 Å². The zero-order chi connectivity index (χ0) is 14.2. The van der Waals surface area contributed by atoms with E-state index in [0.29, 0.717) is 0 Å². The third-order valence-electron chi connectivity index (χ3n) is 3.62. The van der Waals surface area contributed by atoms with Crippen LogP contribution in [0.15, 0.2) is 43.0 Å². The van der Waals surface area contributed by atoms with Crippen molar-refractivity contribution >= 4 is 45.0 Å². The van der Waals surface area contributed by atoms with Gasteiger partial charge in [0.2, 0.25) is 0 Å². The van der Waals surface area contributed by atoms with Gasteiger partial charge >= 0.3 is 0 Å². The van der Waals surface area contributed by atoms with Gasteiger partial charge in [-0.15, -0.1) is 0 Å². The summed E-state index contributed by atoms with van der Waals surface area (Å²) in [4.78, 5) is 12.8. The zero-order valence-electron chi connectivity index (χ0n) is 11.1. The molecule has 0 aliphatic carbocycles. The van der Waals surface area contributed by atoms with E-state index in [1.165, 1.54) is 14.8 Å². The predicted octanol–water partition coefficient (Wildman–Crippen LogP) is 3.02. The molecule has 0 saturated carbocycles. The summed E-state index contributed by atoms with van der Waals surface area (Å²) < 4.78 is 1.23. The number of hydrogen-bond acceptors (Lipinski definition) is 5. The maximum atomic E-state index is 4.36. The molecule has 3 aromatic rings. The summed E-state index contributed by atoms with van der Waals surface area (Å²) in [5.74, 6) is 0.791. The fraction of sp³-hybridized carbons (Fsp3) is 0.133. The summed E-state index contributed by atoms with van der Waals surface area (Å²) in [6.07, 6.45) is 6.16. The Kier molecular flexibility index (Phi) is 3.10. The Morgan fingerprint density at radius 1 is 1.19 bits per heavy atom. The first kappa shape index (κ1) is 12.8. The third-order valence-corrected chi connectivity index (χ3v) is 4.29. The molecule has 1 aliphatic rings. The molecule has 3 heterocycles. The maximum absolute atomic E-state index is 4.36. The van der Waals surface area contributed by atoms with Crippen LogP contribution in [0.4, 0.5) is 11.5 Å². The van der Waals surface area contributed by atoms with Gasteiger partial charge in [-0.2, -0.15) is 0 Å². The number of pyridine rings is 1. The van der Waals surface area contributed by atoms with E-state index in [1.54, 1.807) is 18.7 Å². The first-order valence-corrected chi connectivity index (χ1v) is 7.76. The van der Waals surface area contributed by atoms with Crippen molar-refractivity contribution in [2.24, 2.45) is 0 Å². The van der Waals surface area contributed by atoms with Crippen LogP contribution in [0.1, 0.15) is 5.56 Å². The second-order valence-corrected chi connectivity index (χ2v) is 6.15. The molecule has 0 saturated heterocycles. The summed E-state index contributed by atoms with van der Waals surface area (Å²) in [6, 6.07) is 8.42. The lowest BCUT2D eigenvalue weighted by Crippen LogP contribution is -2.28. The van der Waals surface area contributed by atoms with E-state index in [2.05, 4.69) is 66.2 Å². The summed E-state index contributed by atoms with van der Waals surface area (Å²) >= 11 is 2.34. The average Bonchev–Trinajstić information content (AvgIpc) is 2.90. The lowest BCUT2D eigenvalue weighted by atomic mass is 10.2. The van der Waals surface area contributed by atoms with Crippen LogP contribution < -0.4 is 10.4 Å². The molecule has 0 spiro atoms. The Balaban J connectivity index is 1.73. The minimum absolute atomic E-state index is 0.791. The van der Waals surface area contributed by atoms with Crippen LogP contribution in [-0.2, 0) is 6.42 Å². The van der Waals surface area contributed by atoms with Crippen molar-refractivity contribution in [1.82, 2.24) is 15.0 Å². The Morgan fingerprint density at radius 2 is 2.14 bits per heavy atom. The second-order valence-electron chi connectivity index (χ2n) is 4.90. The Hall–Kier alpha value is -1.96. The number of halogens is 1. The number of aromatic nitrogens is 3. The lowest BCUT2D eigenvalue weighted by Gasteiger charge is -2.21. The molecular formula is C15H12IN5. The van der Waals surface area contributed by atoms with E-state index < -0.39 is 0 Å². The molecule has 4 rings (SSSR count). The number of hydrazine groups is 1. The number of benzene rings is 1. The van der Waals surface area contributed by atoms with Crippen LogP contribution in [0.5, 0.6) is 0 Å². The first-order valence-electron chi connectivity index (χ1n) is 6.68. The van der Waals surface area contributed by atoms with Gasteiger partial charge in [-0.25, -0.2) is 9.97 Å². The van der Waals surface area contributed by atoms with Gasteiger partial charge < -0.3 is 0 Å². The number of nitrogens with zero attached hydrogens (tertiary/aromatic N) is 4. The SMILES string of the molecule is Ic1ccc2c(c1)N(Nc1ncnc3ccncc13)CC2. The van der Waals surface area contributed by atoms with Crippen LogP contribution >= 0.6 is 22.6 Å². The number of hydrogen-bond donors (Lipinski definition) is 1. The highest BCUT2D eigenvalue weighted by atomic mass is 127. The van der Waals surface area contributed by atoms with E-state index in [9.17, 15) is 0 Å². The molecule has 21 heavy (non-hydrogen) atoms. The van der Waals surface area contributed by atoms with Crippen LogP contribution in [0.2, 0.25) is 0 Å². The summed E-state index contributed by atoms with van der Waals surface area (Å²) in [5, 5.41) is 3.07. The van der Waals surface area contributed by atoms with Crippen molar-refractivity contribution in [2.45, 2.75) is 6.42 Å². The van der Waals surface area contributed by atoms with Crippen LogP contribution in [0.3, 0.4) is 0 Å². The lowest BCUT2D eigenvalue weighted by molar-refractivity contribution is 0.931. The monoisotopic (exact) mass is 389 g/mol. The molecule has 0 atom stereocenters. The molecule has 0 fully saturated rings. The molecule has 6 heteroatoms. The van der Waals surface area contributed by atoms with Gasteiger partial charge in [0.15, 0.2) is 5.82 Å². The third kappa shape index (κ3) is 2.29. The molecule has 0 radical (unpaired) electrons. The second kappa shape index (κ2) is 5.10. The smallest absolute Gasteiger partial charge is 0.157 e. The van der Waals surface area contributed by atoms with Crippen molar-refractivity contribution in [3.63, 3.8) is 0 Å². The van der Waals surface area contributed by atoms with Gasteiger partial charge in [-0.3, -0.25) is 15.4 Å². The van der Waals surface area contributed by atoms with Gasteiger partial charge in [0.25, 0.3) is 0 Å². The average molecular weight is 389 g/mol. The Bertz CT molecular complexity index is 815. The Labute approximate surface area is 135 Å². The van der Waals surface area contributed by atoms with Crippen LogP contribution in [0.25, 0.3) is 10.9 Å². The number of anilines is 2. The molecule has 2 aromatic heterocycles. The van der Waals surface area contributed by atoms with Crippen molar-refractivity contribution in [1.29, 1.82) is 0 Å². The van der Waals surface area contributed by atoms with Gasteiger partial charge in [-0.05, 0) is 52.8 Å². The van der Waals surface area contributed by atoms with E-state index in [0.717, 1.165) is 29.7 Å². The van der Waals surface area contributed by atoms with Crippen LogP contribution in [0, 0.1) is 3.57 Å². The van der Waals surface area contributed by atoms with Crippen molar-refractivity contribution in [3.05, 3.63) is 52.1 Å². The van der Waals surface area contributed by atoms with E-state index in [-0.39, 0.29) is 0 Å². The molecule has 0 unspecified atom stereocenters. The molecule has 1 N–H and O–H groups in total. The first-order chi connectivity index (χ1) is 10.3. The molecule has 0 amide bonds. The van der Waals surface area contributed by atoms with Gasteiger partial charge in [0.05, 0.1) is 16.6 Å². The van der Waals surface area contributed by atoms with E-state index >= 15 is 0 Å². The van der Waals surface area contributed by atoms with Gasteiger partial charge in [0, 0.05) is 22.5 Å². The standard InChI is InChI=1S/C15H12IN5/c16-11-2-1-10-4-6-21(14(10)7-11)20-15-12-8-17-5-3-13(12)18-9-19-15/h1-3,5,7-9H,4,6H2,(H,18,19,20). The summed E-state index contributed by atoms with van der Waals surface area (Å²) in [6.45, 7) is 0.932. The molecule has 104 valence electrons. The zero-order valence-corrected chi connectivity index (χ0v) is 13.3. The topological polar surface area (TPSA) is 53.9 Å². The van der Waals surface area contributed by atoms with Crippen molar-refractivity contribution in [3.8, 4) is 0 Å². The minimum atomic E-state index is 0.791. The molecule has 1 aromatic carbocycles. The quantitative estimate of drug-likeness (QED) is 0.683. The van der Waals surface area contributed by atoms with E-state index in [1.807, 2.05) is 6.07 Å². The highest BCUT2D eigenvalue weighted by Crippen LogP contribution is 2.30. The fourth-order valence-electron chi connectivity index (χ4n) is 2.59. The molecule has 0 bridgehead atoms. The summed E-state index contributed by atoms with van der Waals surface area (Å²) in [7, 11) is 0. The number of rotatable bonds is 2. The molecular weight excluding hydrogens is 377 g/mol.